The molecule has 0 bridgehead atoms. The summed E-state index contributed by atoms with van der Waals surface area (Å²) >= 11 is 0. The molecule has 5 heteroatoms. The second kappa shape index (κ2) is 4.61. The number of hydrogen-bond acceptors (Lipinski definition) is 4. The third-order valence-electron chi connectivity index (χ3n) is 2.23. The van der Waals surface area contributed by atoms with Gasteiger partial charge in [0.2, 0.25) is 0 Å². The zero-order valence-electron chi connectivity index (χ0n) is 8.83. The van der Waals surface area contributed by atoms with Crippen LogP contribution in [0.5, 0.6) is 5.75 Å². The fourth-order valence-electron chi connectivity index (χ4n) is 1.55. The SMILES string of the molecule is O=C(C[N+](=O)[O-])Oc1cccc2ccccc12. The molecule has 0 amide bonds. The summed E-state index contributed by atoms with van der Waals surface area (Å²) in [5.74, 6) is -0.527. The van der Waals surface area contributed by atoms with Crippen LogP contribution in [0.1, 0.15) is 0 Å². The summed E-state index contributed by atoms with van der Waals surface area (Å²) in [5, 5.41) is 11.8. The molecule has 0 radical (unpaired) electrons. The minimum absolute atomic E-state index is 0.343. The van der Waals surface area contributed by atoms with Gasteiger partial charge in [-0.15, -0.1) is 0 Å². The number of hydrogen-bond donors (Lipinski definition) is 0. The number of fused-ring (bicyclic) bond motifs is 1. The molecular formula is C12H9NO4. The molecule has 5 nitrogen and oxygen atoms in total. The Morgan fingerprint density at radius 3 is 2.65 bits per heavy atom. The van der Waals surface area contributed by atoms with Crippen LogP contribution in [0.25, 0.3) is 10.8 Å². The number of nitro groups is 1. The van der Waals surface area contributed by atoms with Gasteiger partial charge in [0.05, 0.1) is 0 Å². The van der Waals surface area contributed by atoms with Crippen LogP contribution in [-0.2, 0) is 4.79 Å². The summed E-state index contributed by atoms with van der Waals surface area (Å²) in [6.07, 6.45) is 0. The van der Waals surface area contributed by atoms with E-state index in [2.05, 4.69) is 0 Å². The van der Waals surface area contributed by atoms with E-state index in [1.54, 1.807) is 18.2 Å². The van der Waals surface area contributed by atoms with Crippen molar-refractivity contribution in [2.24, 2.45) is 0 Å². The molecule has 0 spiro atoms. The number of benzene rings is 2. The van der Waals surface area contributed by atoms with E-state index in [1.165, 1.54) is 0 Å². The molecule has 0 unspecified atom stereocenters. The van der Waals surface area contributed by atoms with Crippen LogP contribution in [0.15, 0.2) is 42.5 Å². The van der Waals surface area contributed by atoms with E-state index < -0.39 is 17.4 Å². The average molecular weight is 231 g/mol. The first-order valence-electron chi connectivity index (χ1n) is 4.97. The topological polar surface area (TPSA) is 69.4 Å². The highest BCUT2D eigenvalue weighted by molar-refractivity contribution is 5.90. The number of esters is 1. The molecule has 2 aromatic carbocycles. The number of rotatable bonds is 3. The first-order valence-corrected chi connectivity index (χ1v) is 4.97. The van der Waals surface area contributed by atoms with Gasteiger partial charge >= 0.3 is 5.97 Å². The molecule has 0 aromatic heterocycles. The molecular weight excluding hydrogens is 222 g/mol. The normalized spacial score (nSPS) is 10.1. The Labute approximate surface area is 96.8 Å². The molecule has 0 atom stereocenters. The highest BCUT2D eigenvalue weighted by Crippen LogP contribution is 2.25. The second-order valence-corrected chi connectivity index (χ2v) is 3.44. The van der Waals surface area contributed by atoms with Crippen molar-refractivity contribution in [2.75, 3.05) is 6.54 Å². The van der Waals surface area contributed by atoms with Crippen molar-refractivity contribution in [1.82, 2.24) is 0 Å². The first-order chi connectivity index (χ1) is 8.16. The van der Waals surface area contributed by atoms with Gasteiger partial charge in [-0.1, -0.05) is 36.4 Å². The summed E-state index contributed by atoms with van der Waals surface area (Å²) in [6.45, 7) is -0.830. The van der Waals surface area contributed by atoms with Gasteiger partial charge in [0.25, 0.3) is 6.54 Å². The highest BCUT2D eigenvalue weighted by Gasteiger charge is 2.13. The predicted octanol–water partition coefficient (Wildman–Crippen LogP) is 2.02. The number of nitrogens with zero attached hydrogens (tertiary/aromatic N) is 1. The molecule has 0 heterocycles. The van der Waals surface area contributed by atoms with Crippen LogP contribution in [0.4, 0.5) is 0 Å². The molecule has 17 heavy (non-hydrogen) atoms. The van der Waals surface area contributed by atoms with E-state index in [9.17, 15) is 14.9 Å². The van der Waals surface area contributed by atoms with Crippen LogP contribution >= 0.6 is 0 Å². The maximum Gasteiger partial charge on any atom is 0.383 e. The van der Waals surface area contributed by atoms with E-state index in [-0.39, 0.29) is 0 Å². The number of carbonyl (C=O) groups excluding carboxylic acids is 1. The van der Waals surface area contributed by atoms with Gasteiger partial charge in [0.1, 0.15) is 5.75 Å². The van der Waals surface area contributed by atoms with Crippen molar-refractivity contribution < 1.29 is 14.5 Å². The molecule has 0 N–H and O–H groups in total. The van der Waals surface area contributed by atoms with Gasteiger partial charge in [-0.3, -0.25) is 10.1 Å². The van der Waals surface area contributed by atoms with E-state index in [0.29, 0.717) is 5.75 Å². The summed E-state index contributed by atoms with van der Waals surface area (Å²) in [4.78, 5) is 20.7. The van der Waals surface area contributed by atoms with Crippen LogP contribution < -0.4 is 4.74 Å². The van der Waals surface area contributed by atoms with Gasteiger partial charge in [0.15, 0.2) is 0 Å². The fourth-order valence-corrected chi connectivity index (χ4v) is 1.55. The van der Waals surface area contributed by atoms with Crippen LogP contribution in [-0.4, -0.2) is 17.4 Å². The third-order valence-corrected chi connectivity index (χ3v) is 2.23. The Balaban J connectivity index is 2.30. The second-order valence-electron chi connectivity index (χ2n) is 3.44. The van der Waals surface area contributed by atoms with Crippen molar-refractivity contribution >= 4 is 16.7 Å². The van der Waals surface area contributed by atoms with Gasteiger partial charge in [-0.05, 0) is 11.5 Å². The van der Waals surface area contributed by atoms with E-state index >= 15 is 0 Å². The Bertz CT molecular complexity index is 574. The first kappa shape index (κ1) is 11.1. The Kier molecular flexibility index (Phi) is 3.00. The predicted molar refractivity (Wildman–Crippen MR) is 61.4 cm³/mol. The van der Waals surface area contributed by atoms with Crippen LogP contribution in [0, 0.1) is 10.1 Å². The van der Waals surface area contributed by atoms with Gasteiger partial charge in [-0.2, -0.15) is 0 Å². The quantitative estimate of drug-likeness (QED) is 0.350. The van der Waals surface area contributed by atoms with E-state index in [1.807, 2.05) is 24.3 Å². The van der Waals surface area contributed by atoms with Crippen molar-refractivity contribution in [1.29, 1.82) is 0 Å². The zero-order valence-corrected chi connectivity index (χ0v) is 8.83. The van der Waals surface area contributed by atoms with Crippen molar-refractivity contribution in [2.45, 2.75) is 0 Å². The molecule has 0 saturated heterocycles. The third kappa shape index (κ3) is 2.57. The summed E-state index contributed by atoms with van der Waals surface area (Å²) < 4.78 is 4.96. The maximum absolute atomic E-state index is 11.2. The Morgan fingerprint density at radius 2 is 1.88 bits per heavy atom. The zero-order chi connectivity index (χ0) is 12.3. The molecule has 86 valence electrons. The lowest BCUT2D eigenvalue weighted by Gasteiger charge is -2.05. The minimum Gasteiger partial charge on any atom is -0.421 e. The number of carbonyl (C=O) groups is 1. The molecule has 2 aromatic rings. The monoisotopic (exact) mass is 231 g/mol. The largest absolute Gasteiger partial charge is 0.421 e. The minimum atomic E-state index is -0.869. The molecule has 0 aliphatic rings. The van der Waals surface area contributed by atoms with Gasteiger partial charge in [-0.25, -0.2) is 4.79 Å². The molecule has 2 rings (SSSR count). The lowest BCUT2D eigenvalue weighted by molar-refractivity contribution is -0.469. The van der Waals surface area contributed by atoms with Crippen molar-refractivity contribution in [3.8, 4) is 5.75 Å². The van der Waals surface area contributed by atoms with Crippen molar-refractivity contribution in [3.05, 3.63) is 52.6 Å². The Morgan fingerprint density at radius 1 is 1.18 bits per heavy atom. The molecule has 0 saturated carbocycles. The fraction of sp³-hybridized carbons (Fsp3) is 0.0833. The summed E-state index contributed by atoms with van der Waals surface area (Å²) in [5.41, 5.74) is 0. The Hall–Kier alpha value is -2.43. The number of ether oxygens (including phenoxy) is 1. The lowest BCUT2D eigenvalue weighted by atomic mass is 10.1. The van der Waals surface area contributed by atoms with Gasteiger partial charge in [0, 0.05) is 10.3 Å². The van der Waals surface area contributed by atoms with Crippen molar-refractivity contribution in [3.63, 3.8) is 0 Å². The smallest absolute Gasteiger partial charge is 0.383 e. The van der Waals surface area contributed by atoms with E-state index in [4.69, 9.17) is 4.74 Å². The van der Waals surface area contributed by atoms with Crippen LogP contribution in [0.3, 0.4) is 0 Å². The summed E-state index contributed by atoms with van der Waals surface area (Å²) in [6, 6.07) is 12.6. The van der Waals surface area contributed by atoms with Gasteiger partial charge < -0.3 is 4.74 Å². The van der Waals surface area contributed by atoms with Crippen LogP contribution in [0.2, 0.25) is 0 Å². The molecule has 0 aliphatic heterocycles. The highest BCUT2D eigenvalue weighted by atomic mass is 16.6. The average Bonchev–Trinajstić information content (AvgIpc) is 2.28. The molecule has 0 aliphatic carbocycles. The van der Waals surface area contributed by atoms with E-state index in [0.717, 1.165) is 10.8 Å². The summed E-state index contributed by atoms with van der Waals surface area (Å²) in [7, 11) is 0. The molecule has 0 fully saturated rings. The maximum atomic E-state index is 11.2. The standard InChI is InChI=1S/C12H9NO4/c14-12(8-13(15)16)17-11-7-3-5-9-4-1-2-6-10(9)11/h1-7H,8H2. The lowest BCUT2D eigenvalue weighted by Crippen LogP contribution is -2.19.